The molecule has 1 aromatic heterocycles. The molecule has 6 nitrogen and oxygen atoms in total. The number of aromatic hydroxyl groups is 1. The summed E-state index contributed by atoms with van der Waals surface area (Å²) in [5, 5.41) is 32.3. The highest BCUT2D eigenvalue weighted by Crippen LogP contribution is 2.70. The Morgan fingerprint density at radius 3 is 3.00 bits per heavy atom. The molecule has 1 aromatic carbocycles. The van der Waals surface area contributed by atoms with Gasteiger partial charge < -0.3 is 14.9 Å². The van der Waals surface area contributed by atoms with Crippen LogP contribution in [-0.4, -0.2) is 38.8 Å². The molecule has 0 amide bonds. The number of rotatable bonds is 2. The van der Waals surface area contributed by atoms with E-state index >= 15 is 0 Å². The lowest BCUT2D eigenvalue weighted by Gasteiger charge is -2.53. The first-order valence-electron chi connectivity index (χ1n) is 10.9. The predicted molar refractivity (Wildman–Crippen MR) is 107 cm³/mol. The summed E-state index contributed by atoms with van der Waals surface area (Å²) in [7, 11) is 0. The maximum atomic E-state index is 12.3. The summed E-state index contributed by atoms with van der Waals surface area (Å²) in [5.74, 6) is 1.42. The van der Waals surface area contributed by atoms with Gasteiger partial charge >= 0.3 is 0 Å². The zero-order valence-electron chi connectivity index (χ0n) is 16.6. The fraction of sp³-hybridized carbons (Fsp3) is 0.500. The van der Waals surface area contributed by atoms with E-state index in [2.05, 4.69) is 16.0 Å². The van der Waals surface area contributed by atoms with Crippen LogP contribution < -0.4 is 4.74 Å². The van der Waals surface area contributed by atoms with Gasteiger partial charge in [-0.2, -0.15) is 5.26 Å². The number of nitriles is 1. The second kappa shape index (κ2) is 5.35. The summed E-state index contributed by atoms with van der Waals surface area (Å²) >= 11 is 0. The zero-order valence-corrected chi connectivity index (χ0v) is 16.6. The van der Waals surface area contributed by atoms with E-state index in [1.54, 1.807) is 12.3 Å². The molecule has 152 valence electrons. The predicted octanol–water partition coefficient (Wildman–Crippen LogP) is 2.88. The second-order valence-corrected chi connectivity index (χ2v) is 9.84. The monoisotopic (exact) mass is 401 g/mol. The van der Waals surface area contributed by atoms with Gasteiger partial charge in [0.2, 0.25) is 0 Å². The van der Waals surface area contributed by atoms with Crippen molar-refractivity contribution in [3.05, 3.63) is 52.3 Å². The number of ether oxygens (including phenoxy) is 1. The van der Waals surface area contributed by atoms with Crippen molar-refractivity contribution in [1.82, 2.24) is 9.88 Å². The number of pyridine rings is 1. The van der Waals surface area contributed by atoms with Crippen LogP contribution in [0, 0.1) is 17.2 Å². The molecule has 4 heterocycles. The van der Waals surface area contributed by atoms with E-state index in [0.29, 0.717) is 24.2 Å². The quantitative estimate of drug-likeness (QED) is 0.804. The molecule has 8 rings (SSSR count). The Morgan fingerprint density at radius 1 is 1.33 bits per heavy atom. The zero-order chi connectivity index (χ0) is 20.3. The van der Waals surface area contributed by atoms with Crippen LogP contribution in [0.3, 0.4) is 0 Å². The Bertz CT molecular complexity index is 1150. The van der Waals surface area contributed by atoms with Gasteiger partial charge in [-0.1, -0.05) is 6.07 Å². The van der Waals surface area contributed by atoms with Crippen molar-refractivity contribution in [1.29, 1.82) is 5.26 Å². The van der Waals surface area contributed by atoms with Crippen molar-refractivity contribution in [2.75, 3.05) is 13.1 Å². The molecule has 2 bridgehead atoms. The lowest BCUT2D eigenvalue weighted by atomic mass is 9.52. The van der Waals surface area contributed by atoms with Crippen LogP contribution in [0.4, 0.5) is 0 Å². The molecule has 2 N–H and O–H groups in total. The second-order valence-electron chi connectivity index (χ2n) is 9.84. The highest BCUT2D eigenvalue weighted by atomic mass is 16.5. The summed E-state index contributed by atoms with van der Waals surface area (Å²) in [5.41, 5.74) is 2.79. The van der Waals surface area contributed by atoms with Gasteiger partial charge in [0.05, 0.1) is 22.3 Å². The number of phenols is 1. The summed E-state index contributed by atoms with van der Waals surface area (Å²) in [6, 6.07) is 7.92. The molecule has 6 heteroatoms. The molecule has 2 unspecified atom stereocenters. The standard InChI is InChI=1S/C24H23N3O3/c25-10-14-7-15-8-23(29)9-17-16-3-4-18(28)21-19(16)24(23,22(30-21)20(15)26-11-14)5-6-27(17)12-13-1-2-13/h3-4,7,11,13,17,22,28-29H,1-2,5-6,8-9,12H2/t17?,22?,23-,24+/m1/s1. The van der Waals surface area contributed by atoms with Crippen molar-refractivity contribution in [2.45, 2.75) is 55.3 Å². The van der Waals surface area contributed by atoms with Gasteiger partial charge in [0.1, 0.15) is 6.07 Å². The maximum absolute atomic E-state index is 12.3. The van der Waals surface area contributed by atoms with Crippen molar-refractivity contribution < 1.29 is 14.9 Å². The minimum Gasteiger partial charge on any atom is -0.504 e. The van der Waals surface area contributed by atoms with Crippen LogP contribution in [0.2, 0.25) is 0 Å². The molecule has 30 heavy (non-hydrogen) atoms. The van der Waals surface area contributed by atoms with Crippen LogP contribution in [0.5, 0.6) is 11.5 Å². The molecule has 4 atom stereocenters. The molecule has 1 saturated heterocycles. The van der Waals surface area contributed by atoms with Crippen LogP contribution in [0.25, 0.3) is 0 Å². The topological polar surface area (TPSA) is 89.6 Å². The van der Waals surface area contributed by atoms with E-state index in [0.717, 1.165) is 42.2 Å². The number of hydrogen-bond donors (Lipinski definition) is 2. The SMILES string of the molecule is N#Cc1cnc2c(c1)C[C@@]1(O)CC3c4ccc(O)c5c4[C@@]1(CCN3CC1CC1)C2O5. The van der Waals surface area contributed by atoms with Crippen molar-refractivity contribution >= 4 is 0 Å². The van der Waals surface area contributed by atoms with Crippen molar-refractivity contribution in [3.63, 3.8) is 0 Å². The number of aromatic nitrogens is 1. The molecule has 0 radical (unpaired) electrons. The molecule has 1 spiro atoms. The Balaban J connectivity index is 1.49. The van der Waals surface area contributed by atoms with Gasteiger partial charge in [0.25, 0.3) is 0 Å². The van der Waals surface area contributed by atoms with Crippen LogP contribution in [-0.2, 0) is 11.8 Å². The van der Waals surface area contributed by atoms with Gasteiger partial charge in [-0.25, -0.2) is 0 Å². The van der Waals surface area contributed by atoms with Crippen molar-refractivity contribution in [2.24, 2.45) is 5.92 Å². The molecule has 3 aliphatic carbocycles. The van der Waals surface area contributed by atoms with Gasteiger partial charge in [-0.3, -0.25) is 9.88 Å². The number of fused-ring (bicyclic) bond motifs is 4. The van der Waals surface area contributed by atoms with E-state index < -0.39 is 17.1 Å². The fourth-order valence-corrected chi connectivity index (χ4v) is 6.82. The van der Waals surface area contributed by atoms with Crippen LogP contribution in [0.1, 0.15) is 65.8 Å². The summed E-state index contributed by atoms with van der Waals surface area (Å²) in [6.07, 6.45) is 5.63. The molecule has 3 aliphatic heterocycles. The van der Waals surface area contributed by atoms with Gasteiger partial charge in [0, 0.05) is 30.8 Å². The summed E-state index contributed by atoms with van der Waals surface area (Å²) < 4.78 is 6.43. The van der Waals surface area contributed by atoms with Gasteiger partial charge in [0.15, 0.2) is 17.6 Å². The molecular formula is C24H23N3O3. The molecule has 1 saturated carbocycles. The highest BCUT2D eigenvalue weighted by molar-refractivity contribution is 5.64. The minimum atomic E-state index is -0.991. The molecular weight excluding hydrogens is 378 g/mol. The highest BCUT2D eigenvalue weighted by Gasteiger charge is 2.70. The first-order valence-corrected chi connectivity index (χ1v) is 10.9. The average Bonchev–Trinajstić information content (AvgIpc) is 3.51. The van der Waals surface area contributed by atoms with E-state index in [1.807, 2.05) is 12.1 Å². The molecule has 2 fully saturated rings. The normalized spacial score (nSPS) is 35.2. The largest absolute Gasteiger partial charge is 0.504 e. The number of hydrogen-bond acceptors (Lipinski definition) is 6. The Kier molecular flexibility index (Phi) is 3.05. The Labute approximate surface area is 174 Å². The van der Waals surface area contributed by atoms with Crippen LogP contribution in [0.15, 0.2) is 24.4 Å². The summed E-state index contributed by atoms with van der Waals surface area (Å²) in [4.78, 5) is 7.19. The average molecular weight is 401 g/mol. The van der Waals surface area contributed by atoms with E-state index in [1.165, 1.54) is 18.4 Å². The van der Waals surface area contributed by atoms with Gasteiger partial charge in [-0.05, 0) is 61.4 Å². The van der Waals surface area contributed by atoms with E-state index in [4.69, 9.17) is 4.74 Å². The number of aliphatic hydroxyl groups is 1. The lowest BCUT2D eigenvalue weighted by Crippen LogP contribution is -2.60. The third-order valence-electron chi connectivity index (χ3n) is 8.30. The van der Waals surface area contributed by atoms with E-state index in [-0.39, 0.29) is 11.8 Å². The molecule has 6 aliphatic rings. The third-order valence-corrected chi connectivity index (χ3v) is 8.30. The van der Waals surface area contributed by atoms with E-state index in [9.17, 15) is 15.5 Å². The van der Waals surface area contributed by atoms with Crippen molar-refractivity contribution in [3.8, 4) is 17.6 Å². The minimum absolute atomic E-state index is 0.122. The Morgan fingerprint density at radius 2 is 2.20 bits per heavy atom. The number of benzene rings is 1. The fourth-order valence-electron chi connectivity index (χ4n) is 6.82. The first-order chi connectivity index (χ1) is 14.5. The first kappa shape index (κ1) is 17.1. The molecule has 2 aromatic rings. The third kappa shape index (κ3) is 1.89. The van der Waals surface area contributed by atoms with Crippen LogP contribution >= 0.6 is 0 Å². The number of phenolic OH excluding ortho intramolecular Hbond substituents is 1. The van der Waals surface area contributed by atoms with Gasteiger partial charge in [-0.15, -0.1) is 0 Å². The number of nitrogens with zero attached hydrogens (tertiary/aromatic N) is 3. The lowest BCUT2D eigenvalue weighted by molar-refractivity contribution is -0.100. The summed E-state index contributed by atoms with van der Waals surface area (Å²) in [6.45, 7) is 1.98. The Hall–Kier alpha value is -2.62. The maximum Gasteiger partial charge on any atom is 0.166 e. The smallest absolute Gasteiger partial charge is 0.166 e.